The summed E-state index contributed by atoms with van der Waals surface area (Å²) in [4.78, 5) is 24.6. The predicted molar refractivity (Wildman–Crippen MR) is 139 cm³/mol. The van der Waals surface area contributed by atoms with Gasteiger partial charge in [-0.25, -0.2) is 0 Å². The van der Waals surface area contributed by atoms with Crippen molar-refractivity contribution in [2.45, 2.75) is 103 Å². The Morgan fingerprint density at radius 2 is 1.56 bits per heavy atom. The number of carbonyl (C=O) groups excluding carboxylic acids is 1. The van der Waals surface area contributed by atoms with Gasteiger partial charge < -0.3 is 0 Å². The van der Waals surface area contributed by atoms with Gasteiger partial charge in [-0.1, -0.05) is 83.8 Å². The fraction of sp³-hybridized carbons (Fsp3) is 0.567. The minimum atomic E-state index is -0.284. The first-order valence-corrected chi connectivity index (χ1v) is 13.5. The van der Waals surface area contributed by atoms with Gasteiger partial charge in [0.2, 0.25) is 0 Å². The second kappa shape index (κ2) is 10.8. The molecular formula is C30H39NO3. The van der Waals surface area contributed by atoms with E-state index in [1.54, 1.807) is 6.07 Å². The van der Waals surface area contributed by atoms with Crippen LogP contribution in [-0.4, -0.2) is 10.7 Å². The number of benzene rings is 2. The number of fused-ring (bicyclic) bond motifs is 3. The zero-order chi connectivity index (χ0) is 24.1. The van der Waals surface area contributed by atoms with E-state index in [1.165, 1.54) is 37.7 Å². The van der Waals surface area contributed by atoms with E-state index in [9.17, 15) is 14.9 Å². The van der Waals surface area contributed by atoms with E-state index in [2.05, 4.69) is 26.0 Å². The summed E-state index contributed by atoms with van der Waals surface area (Å²) in [5.41, 5.74) is 5.29. The molecule has 0 heterocycles. The molecular weight excluding hydrogens is 422 g/mol. The summed E-state index contributed by atoms with van der Waals surface area (Å²) in [6.07, 6.45) is 14.3. The van der Waals surface area contributed by atoms with E-state index in [1.807, 2.05) is 18.2 Å². The Balaban J connectivity index is 1.71. The van der Waals surface area contributed by atoms with Gasteiger partial charge in [0.25, 0.3) is 5.69 Å². The average Bonchev–Trinajstić information content (AvgIpc) is 3.14. The first-order valence-electron chi connectivity index (χ1n) is 13.5. The summed E-state index contributed by atoms with van der Waals surface area (Å²) in [6, 6.07) is 11.6. The zero-order valence-corrected chi connectivity index (χ0v) is 20.9. The van der Waals surface area contributed by atoms with Crippen molar-refractivity contribution >= 4 is 11.5 Å². The molecule has 1 fully saturated rings. The maximum Gasteiger partial charge on any atom is 0.269 e. The molecule has 0 N–H and O–H groups in total. The molecule has 1 saturated carbocycles. The van der Waals surface area contributed by atoms with Crippen molar-refractivity contribution in [3.8, 4) is 11.1 Å². The van der Waals surface area contributed by atoms with Crippen LogP contribution in [0.15, 0.2) is 36.4 Å². The molecule has 0 aromatic heterocycles. The Hall–Kier alpha value is -2.49. The lowest BCUT2D eigenvalue weighted by Gasteiger charge is -2.32. The first-order chi connectivity index (χ1) is 16.5. The molecule has 0 unspecified atom stereocenters. The van der Waals surface area contributed by atoms with E-state index >= 15 is 0 Å². The lowest BCUT2D eigenvalue weighted by atomic mass is 9.70. The summed E-state index contributed by atoms with van der Waals surface area (Å²) in [6.45, 7) is 4.39. The quantitative estimate of drug-likeness (QED) is 0.191. The summed E-state index contributed by atoms with van der Waals surface area (Å²) in [5, 5.41) is 11.6. The fourth-order valence-corrected chi connectivity index (χ4v) is 6.35. The molecule has 0 saturated heterocycles. The number of carbonyl (C=O) groups is 1. The number of nitro groups is 1. The van der Waals surface area contributed by atoms with Crippen LogP contribution < -0.4 is 0 Å². The maximum atomic E-state index is 13.3. The van der Waals surface area contributed by atoms with E-state index < -0.39 is 0 Å². The first kappa shape index (κ1) is 24.6. The average molecular weight is 462 g/mol. The van der Waals surface area contributed by atoms with E-state index in [0.29, 0.717) is 12.3 Å². The molecule has 4 nitrogen and oxygen atoms in total. The third-order valence-electron chi connectivity index (χ3n) is 8.30. The molecule has 0 spiro atoms. The third-order valence-corrected chi connectivity index (χ3v) is 8.30. The topological polar surface area (TPSA) is 60.2 Å². The second-order valence-corrected chi connectivity index (χ2v) is 10.5. The minimum Gasteiger partial charge on any atom is -0.294 e. The van der Waals surface area contributed by atoms with Gasteiger partial charge in [-0.05, 0) is 59.6 Å². The minimum absolute atomic E-state index is 0.160. The van der Waals surface area contributed by atoms with Crippen LogP contribution >= 0.6 is 0 Å². The highest BCUT2D eigenvalue weighted by Crippen LogP contribution is 2.55. The van der Waals surface area contributed by atoms with Crippen LogP contribution in [0.25, 0.3) is 11.1 Å². The highest BCUT2D eigenvalue weighted by atomic mass is 16.6. The SMILES string of the molecule is CCCCC1(CCCC)c2cc(C(=O)CCC3CCCCC3)ccc2-c2ccc([N+](=O)[O-])cc21. The molecule has 0 bridgehead atoms. The van der Waals surface area contributed by atoms with Crippen LogP contribution in [0.1, 0.15) is 119 Å². The highest BCUT2D eigenvalue weighted by Gasteiger charge is 2.43. The van der Waals surface area contributed by atoms with Gasteiger partial charge in [-0.3, -0.25) is 14.9 Å². The number of nitrogens with zero attached hydrogens (tertiary/aromatic N) is 1. The van der Waals surface area contributed by atoms with Gasteiger partial charge >= 0.3 is 0 Å². The Morgan fingerprint density at radius 3 is 2.18 bits per heavy atom. The number of hydrogen-bond donors (Lipinski definition) is 0. The van der Waals surface area contributed by atoms with Gasteiger partial charge in [-0.15, -0.1) is 0 Å². The van der Waals surface area contributed by atoms with Crippen LogP contribution in [0.5, 0.6) is 0 Å². The fourth-order valence-electron chi connectivity index (χ4n) is 6.35. The molecule has 2 aromatic rings. The summed E-state index contributed by atoms with van der Waals surface area (Å²) >= 11 is 0. The smallest absolute Gasteiger partial charge is 0.269 e. The third kappa shape index (κ3) is 4.82. The molecule has 2 aliphatic carbocycles. The second-order valence-electron chi connectivity index (χ2n) is 10.5. The molecule has 2 aliphatic rings. The molecule has 34 heavy (non-hydrogen) atoms. The number of hydrogen-bond acceptors (Lipinski definition) is 3. The number of non-ortho nitro benzene ring substituents is 1. The molecule has 0 amide bonds. The molecule has 0 aliphatic heterocycles. The largest absolute Gasteiger partial charge is 0.294 e. The van der Waals surface area contributed by atoms with Crippen molar-refractivity contribution < 1.29 is 9.72 Å². The number of ketones is 1. The van der Waals surface area contributed by atoms with Crippen LogP contribution in [-0.2, 0) is 5.41 Å². The molecule has 4 heteroatoms. The summed E-state index contributed by atoms with van der Waals surface area (Å²) < 4.78 is 0. The molecule has 4 rings (SSSR count). The summed E-state index contributed by atoms with van der Waals surface area (Å²) in [5.74, 6) is 0.945. The van der Waals surface area contributed by atoms with Crippen molar-refractivity contribution in [3.63, 3.8) is 0 Å². The van der Waals surface area contributed by atoms with Gasteiger partial charge in [0.05, 0.1) is 4.92 Å². The van der Waals surface area contributed by atoms with E-state index in [4.69, 9.17) is 0 Å². The molecule has 182 valence electrons. The van der Waals surface area contributed by atoms with Crippen molar-refractivity contribution in [1.82, 2.24) is 0 Å². The monoisotopic (exact) mass is 461 g/mol. The Bertz CT molecular complexity index is 1030. The Labute approximate surface area is 204 Å². The van der Waals surface area contributed by atoms with Crippen LogP contribution in [0.4, 0.5) is 5.69 Å². The standard InChI is InChI=1S/C30H39NO3/c1-3-5-18-30(19-6-4-2)27-20-23(29(32)17-12-22-10-8-7-9-11-22)13-15-25(27)26-16-14-24(31(33)34)21-28(26)30/h13-16,20-22H,3-12,17-19H2,1-2H3. The van der Waals surface area contributed by atoms with Crippen molar-refractivity contribution in [3.05, 3.63) is 63.2 Å². The van der Waals surface area contributed by atoms with Crippen molar-refractivity contribution in [1.29, 1.82) is 0 Å². The number of rotatable bonds is 11. The Morgan fingerprint density at radius 1 is 0.941 bits per heavy atom. The van der Waals surface area contributed by atoms with E-state index in [0.717, 1.165) is 67.2 Å². The van der Waals surface area contributed by atoms with Gasteiger partial charge in [0.15, 0.2) is 5.78 Å². The lowest BCUT2D eigenvalue weighted by molar-refractivity contribution is -0.384. The van der Waals surface area contributed by atoms with Crippen LogP contribution in [0.2, 0.25) is 0 Å². The van der Waals surface area contributed by atoms with Crippen LogP contribution in [0, 0.1) is 16.0 Å². The van der Waals surface area contributed by atoms with Crippen LogP contribution in [0.3, 0.4) is 0 Å². The predicted octanol–water partition coefficient (Wildman–Crippen LogP) is 8.78. The Kier molecular flexibility index (Phi) is 7.85. The number of unbranched alkanes of at least 4 members (excludes halogenated alkanes) is 2. The van der Waals surface area contributed by atoms with E-state index in [-0.39, 0.29) is 21.8 Å². The molecule has 2 aromatic carbocycles. The van der Waals surface area contributed by atoms with Crippen molar-refractivity contribution in [2.24, 2.45) is 5.92 Å². The number of Topliss-reactive ketones (excluding diaryl/α,β-unsaturated/α-hetero) is 1. The molecule has 0 radical (unpaired) electrons. The molecule has 0 atom stereocenters. The maximum absolute atomic E-state index is 13.3. The number of nitro benzene ring substituents is 1. The normalized spacial score (nSPS) is 16.8. The summed E-state index contributed by atoms with van der Waals surface area (Å²) in [7, 11) is 0. The highest BCUT2D eigenvalue weighted by molar-refractivity contribution is 5.98. The van der Waals surface area contributed by atoms with Crippen molar-refractivity contribution in [2.75, 3.05) is 0 Å². The van der Waals surface area contributed by atoms with Gasteiger partial charge in [0, 0.05) is 29.5 Å². The zero-order valence-electron chi connectivity index (χ0n) is 20.9. The van der Waals surface area contributed by atoms with Gasteiger partial charge in [-0.2, -0.15) is 0 Å². The lowest BCUT2D eigenvalue weighted by Crippen LogP contribution is -2.26. The van der Waals surface area contributed by atoms with Gasteiger partial charge in [0.1, 0.15) is 0 Å².